The zero-order chi connectivity index (χ0) is 15.9. The van der Waals surface area contributed by atoms with Gasteiger partial charge in [-0.1, -0.05) is 0 Å². The highest BCUT2D eigenvalue weighted by atomic mass is 28.4. The fourth-order valence-electron chi connectivity index (χ4n) is 2.32. The summed E-state index contributed by atoms with van der Waals surface area (Å²) in [6.45, 7) is 17.2. The van der Waals surface area contributed by atoms with Gasteiger partial charge in [-0.2, -0.15) is 0 Å². The minimum Gasteiger partial charge on any atom is -0.436 e. The van der Waals surface area contributed by atoms with E-state index in [9.17, 15) is 0 Å². The van der Waals surface area contributed by atoms with Crippen LogP contribution in [0.2, 0.25) is 32.2 Å². The first kappa shape index (κ1) is 20.3. The van der Waals surface area contributed by atoms with Crippen LogP contribution in [0.3, 0.4) is 0 Å². The number of rotatable bonds is 10. The SMILES string of the molecule is COCCOCCC[Si](C)(C)O[Si](C)(C)OC(C)(C)C. The Morgan fingerprint density at radius 2 is 1.50 bits per heavy atom. The first-order valence-electron chi connectivity index (χ1n) is 7.44. The predicted octanol–water partition coefficient (Wildman–Crippen LogP) is 3.78. The second kappa shape index (κ2) is 8.65. The van der Waals surface area contributed by atoms with E-state index in [1.54, 1.807) is 7.11 Å². The molecule has 0 spiro atoms. The molecule has 0 heterocycles. The Morgan fingerprint density at radius 3 is 2.00 bits per heavy atom. The van der Waals surface area contributed by atoms with Crippen molar-refractivity contribution in [2.45, 2.75) is 65.0 Å². The van der Waals surface area contributed by atoms with E-state index < -0.39 is 16.9 Å². The number of hydrogen-bond acceptors (Lipinski definition) is 4. The molecule has 0 saturated heterocycles. The van der Waals surface area contributed by atoms with Crippen molar-refractivity contribution in [1.29, 1.82) is 0 Å². The van der Waals surface area contributed by atoms with Crippen LogP contribution < -0.4 is 0 Å². The van der Waals surface area contributed by atoms with Crippen LogP contribution in [0, 0.1) is 0 Å². The third-order valence-electron chi connectivity index (χ3n) is 2.57. The Balaban J connectivity index is 4.04. The van der Waals surface area contributed by atoms with Crippen molar-refractivity contribution in [3.63, 3.8) is 0 Å². The molecule has 4 nitrogen and oxygen atoms in total. The van der Waals surface area contributed by atoms with Crippen LogP contribution in [-0.4, -0.2) is 49.4 Å². The van der Waals surface area contributed by atoms with E-state index in [-0.39, 0.29) is 5.60 Å². The van der Waals surface area contributed by atoms with Crippen molar-refractivity contribution in [2.24, 2.45) is 0 Å². The number of ether oxygens (including phenoxy) is 2. The smallest absolute Gasteiger partial charge is 0.321 e. The molecule has 0 aliphatic heterocycles. The number of hydrogen-bond donors (Lipinski definition) is 0. The molecule has 122 valence electrons. The second-order valence-electron chi connectivity index (χ2n) is 7.18. The summed E-state index contributed by atoms with van der Waals surface area (Å²) >= 11 is 0. The van der Waals surface area contributed by atoms with E-state index >= 15 is 0 Å². The van der Waals surface area contributed by atoms with Gasteiger partial charge in [0, 0.05) is 13.7 Å². The van der Waals surface area contributed by atoms with Crippen molar-refractivity contribution in [3.05, 3.63) is 0 Å². The van der Waals surface area contributed by atoms with Gasteiger partial charge < -0.3 is 18.0 Å². The van der Waals surface area contributed by atoms with Gasteiger partial charge >= 0.3 is 8.56 Å². The van der Waals surface area contributed by atoms with E-state index in [1.807, 2.05) is 0 Å². The normalized spacial score (nSPS) is 13.8. The summed E-state index contributed by atoms with van der Waals surface area (Å²) in [5.41, 5.74) is -0.135. The molecular formula is C14H34O4Si2. The topological polar surface area (TPSA) is 36.9 Å². The molecule has 0 unspecified atom stereocenters. The van der Waals surface area contributed by atoms with Crippen molar-refractivity contribution in [3.8, 4) is 0 Å². The van der Waals surface area contributed by atoms with Crippen LogP contribution in [0.15, 0.2) is 0 Å². The van der Waals surface area contributed by atoms with Gasteiger partial charge in [-0.15, -0.1) is 0 Å². The highest BCUT2D eigenvalue weighted by molar-refractivity contribution is 6.82. The zero-order valence-electron chi connectivity index (χ0n) is 14.7. The van der Waals surface area contributed by atoms with Crippen LogP contribution >= 0.6 is 0 Å². The highest BCUT2D eigenvalue weighted by Gasteiger charge is 2.37. The quantitative estimate of drug-likeness (QED) is 0.453. The molecule has 6 heteroatoms. The molecule has 0 bridgehead atoms. The van der Waals surface area contributed by atoms with E-state index in [2.05, 4.69) is 47.0 Å². The average molecular weight is 323 g/mol. The van der Waals surface area contributed by atoms with Crippen LogP contribution in [-0.2, 0) is 18.0 Å². The molecule has 0 radical (unpaired) electrons. The first-order chi connectivity index (χ1) is 8.97. The Morgan fingerprint density at radius 1 is 0.900 bits per heavy atom. The lowest BCUT2D eigenvalue weighted by molar-refractivity contribution is 0.0703. The van der Waals surface area contributed by atoms with Gasteiger partial charge in [0.1, 0.15) is 0 Å². The van der Waals surface area contributed by atoms with E-state index in [1.165, 1.54) is 0 Å². The van der Waals surface area contributed by atoms with Gasteiger partial charge in [0.15, 0.2) is 8.32 Å². The van der Waals surface area contributed by atoms with Crippen molar-refractivity contribution in [1.82, 2.24) is 0 Å². The molecule has 0 amide bonds. The molecule has 0 atom stereocenters. The lowest BCUT2D eigenvalue weighted by Gasteiger charge is -2.37. The summed E-state index contributed by atoms with van der Waals surface area (Å²) in [5.74, 6) is 0. The molecule has 0 aromatic rings. The average Bonchev–Trinajstić information content (AvgIpc) is 2.17. The molecule has 0 aromatic carbocycles. The third-order valence-corrected chi connectivity index (χ3v) is 9.41. The fraction of sp³-hybridized carbons (Fsp3) is 1.00. The fourth-order valence-corrected chi connectivity index (χ4v) is 10.7. The van der Waals surface area contributed by atoms with Crippen LogP contribution in [0.1, 0.15) is 27.2 Å². The molecular weight excluding hydrogens is 288 g/mol. The first-order valence-corrected chi connectivity index (χ1v) is 13.4. The highest BCUT2D eigenvalue weighted by Crippen LogP contribution is 2.24. The summed E-state index contributed by atoms with van der Waals surface area (Å²) in [5, 5.41) is 0. The molecule has 0 aliphatic carbocycles. The van der Waals surface area contributed by atoms with E-state index in [0.717, 1.165) is 19.1 Å². The maximum absolute atomic E-state index is 6.40. The van der Waals surface area contributed by atoms with Crippen LogP contribution in [0.25, 0.3) is 0 Å². The number of methoxy groups -OCH3 is 1. The van der Waals surface area contributed by atoms with E-state index in [4.69, 9.17) is 18.0 Å². The summed E-state index contributed by atoms with van der Waals surface area (Å²) < 4.78 is 23.0. The molecule has 0 N–H and O–H groups in total. The molecule has 0 saturated carbocycles. The summed E-state index contributed by atoms with van der Waals surface area (Å²) in [7, 11) is -2.05. The molecule has 20 heavy (non-hydrogen) atoms. The standard InChI is InChI=1S/C14H34O4Si2/c1-14(2,3)17-20(7,8)18-19(5,6)13-9-10-16-12-11-15-4/h9-13H2,1-8H3. The lowest BCUT2D eigenvalue weighted by Crippen LogP contribution is -2.50. The zero-order valence-corrected chi connectivity index (χ0v) is 16.7. The second-order valence-corrected chi connectivity index (χ2v) is 15.0. The van der Waals surface area contributed by atoms with Gasteiger partial charge in [0.05, 0.1) is 18.8 Å². The Kier molecular flexibility index (Phi) is 8.77. The van der Waals surface area contributed by atoms with E-state index in [0.29, 0.717) is 13.2 Å². The van der Waals surface area contributed by atoms with Crippen molar-refractivity contribution < 1.29 is 18.0 Å². The minimum atomic E-state index is -2.05. The molecule has 0 rings (SSSR count). The van der Waals surface area contributed by atoms with Crippen molar-refractivity contribution >= 4 is 16.9 Å². The molecule has 0 aromatic heterocycles. The Labute approximate surface area is 127 Å². The minimum absolute atomic E-state index is 0.135. The van der Waals surface area contributed by atoms with Gasteiger partial charge in [-0.05, 0) is 59.4 Å². The monoisotopic (exact) mass is 322 g/mol. The van der Waals surface area contributed by atoms with Crippen molar-refractivity contribution in [2.75, 3.05) is 26.9 Å². The Hall–Kier alpha value is 0.274. The summed E-state index contributed by atoms with van der Waals surface area (Å²) in [4.78, 5) is 0. The van der Waals surface area contributed by atoms with Crippen LogP contribution in [0.4, 0.5) is 0 Å². The van der Waals surface area contributed by atoms with Gasteiger partial charge in [0.25, 0.3) is 0 Å². The predicted molar refractivity (Wildman–Crippen MR) is 89.0 cm³/mol. The maximum Gasteiger partial charge on any atom is 0.321 e. The van der Waals surface area contributed by atoms with Gasteiger partial charge in [-0.25, -0.2) is 0 Å². The Bertz CT molecular complexity index is 262. The molecule has 0 fully saturated rings. The third kappa shape index (κ3) is 12.0. The molecule has 0 aliphatic rings. The summed E-state index contributed by atoms with van der Waals surface area (Å²) in [6.07, 6.45) is 1.04. The van der Waals surface area contributed by atoms with Crippen LogP contribution in [0.5, 0.6) is 0 Å². The summed E-state index contributed by atoms with van der Waals surface area (Å²) in [6, 6.07) is 1.10. The van der Waals surface area contributed by atoms with Gasteiger partial charge in [-0.3, -0.25) is 0 Å². The maximum atomic E-state index is 6.40. The largest absolute Gasteiger partial charge is 0.436 e. The van der Waals surface area contributed by atoms with Gasteiger partial charge in [0.2, 0.25) is 0 Å². The lowest BCUT2D eigenvalue weighted by atomic mass is 10.2.